The Bertz CT molecular complexity index is 1260. The van der Waals surface area contributed by atoms with Crippen LogP contribution in [0.3, 0.4) is 0 Å². The van der Waals surface area contributed by atoms with Gasteiger partial charge in [-0.1, -0.05) is 66.7 Å². The van der Waals surface area contributed by atoms with E-state index in [1.165, 1.54) is 6.07 Å². The number of anilines is 1. The van der Waals surface area contributed by atoms with Crippen LogP contribution < -0.4 is 4.90 Å². The van der Waals surface area contributed by atoms with E-state index in [0.717, 1.165) is 22.4 Å². The maximum absolute atomic E-state index is 14.3. The van der Waals surface area contributed by atoms with Gasteiger partial charge in [-0.15, -0.1) is 0 Å². The zero-order valence-electron chi connectivity index (χ0n) is 17.0. The first kappa shape index (κ1) is 19.2. The predicted molar refractivity (Wildman–Crippen MR) is 121 cm³/mol. The standard InChI is InChI=1S/C26H22FN3O/c27-21-12-4-6-14-23(21)30-18-20(17-25(30)31)26-28-22-13-5-7-15-24(22)29(26)16-8-11-19-9-2-1-3-10-19/h1-15,20H,16-18H2. The minimum Gasteiger partial charge on any atom is -0.324 e. The van der Waals surface area contributed by atoms with E-state index in [1.807, 2.05) is 42.5 Å². The van der Waals surface area contributed by atoms with Gasteiger partial charge in [0.15, 0.2) is 0 Å². The number of nitrogens with zero attached hydrogens (tertiary/aromatic N) is 3. The first-order chi connectivity index (χ1) is 15.2. The molecule has 1 unspecified atom stereocenters. The summed E-state index contributed by atoms with van der Waals surface area (Å²) in [6.45, 7) is 1.07. The summed E-state index contributed by atoms with van der Waals surface area (Å²) in [6.07, 6.45) is 4.52. The molecule has 5 rings (SSSR count). The minimum atomic E-state index is -0.379. The lowest BCUT2D eigenvalue weighted by Gasteiger charge is -2.17. The Kier molecular flexibility index (Phi) is 5.08. The molecule has 0 bridgehead atoms. The van der Waals surface area contributed by atoms with Gasteiger partial charge in [-0.3, -0.25) is 4.79 Å². The van der Waals surface area contributed by atoms with Crippen LogP contribution in [-0.2, 0) is 11.3 Å². The molecule has 2 heterocycles. The summed E-state index contributed by atoms with van der Waals surface area (Å²) in [5.41, 5.74) is 3.41. The number of carbonyl (C=O) groups excluding carboxylic acids is 1. The fraction of sp³-hybridized carbons (Fsp3) is 0.154. The third-order valence-corrected chi connectivity index (χ3v) is 5.72. The molecule has 1 atom stereocenters. The topological polar surface area (TPSA) is 38.1 Å². The van der Waals surface area contributed by atoms with E-state index < -0.39 is 0 Å². The van der Waals surface area contributed by atoms with Crippen molar-refractivity contribution in [3.05, 3.63) is 102 Å². The van der Waals surface area contributed by atoms with Crippen LogP contribution in [0.4, 0.5) is 10.1 Å². The summed E-state index contributed by atoms with van der Waals surface area (Å²) in [7, 11) is 0. The molecule has 4 aromatic rings. The highest BCUT2D eigenvalue weighted by Crippen LogP contribution is 2.34. The van der Waals surface area contributed by atoms with Crippen LogP contribution in [0.5, 0.6) is 0 Å². The lowest BCUT2D eigenvalue weighted by atomic mass is 10.1. The van der Waals surface area contributed by atoms with Crippen molar-refractivity contribution in [2.75, 3.05) is 11.4 Å². The molecular formula is C26H22FN3O. The molecule has 0 N–H and O–H groups in total. The number of halogens is 1. The molecule has 0 radical (unpaired) electrons. The smallest absolute Gasteiger partial charge is 0.227 e. The van der Waals surface area contributed by atoms with Gasteiger partial charge < -0.3 is 9.47 Å². The van der Waals surface area contributed by atoms with Crippen molar-refractivity contribution < 1.29 is 9.18 Å². The van der Waals surface area contributed by atoms with E-state index in [9.17, 15) is 9.18 Å². The number of fused-ring (bicyclic) bond motifs is 1. The number of hydrogen-bond donors (Lipinski definition) is 0. The number of allylic oxidation sites excluding steroid dienone is 1. The summed E-state index contributed by atoms with van der Waals surface area (Å²) < 4.78 is 16.5. The number of imidazole rings is 1. The SMILES string of the molecule is O=C1CC(c2nc3ccccc3n2CC=Cc2ccccc2)CN1c1ccccc1F. The molecule has 0 saturated carbocycles. The third kappa shape index (κ3) is 3.75. The first-order valence-corrected chi connectivity index (χ1v) is 10.4. The fourth-order valence-corrected chi connectivity index (χ4v) is 4.24. The molecule has 1 aromatic heterocycles. The zero-order chi connectivity index (χ0) is 21.2. The highest BCUT2D eigenvalue weighted by Gasteiger charge is 2.35. The number of benzene rings is 3. The summed E-state index contributed by atoms with van der Waals surface area (Å²) >= 11 is 0. The number of amides is 1. The van der Waals surface area contributed by atoms with Crippen LogP contribution in [0.1, 0.15) is 23.7 Å². The van der Waals surface area contributed by atoms with Crippen molar-refractivity contribution in [1.82, 2.24) is 9.55 Å². The molecule has 3 aromatic carbocycles. The molecule has 0 aliphatic carbocycles. The number of para-hydroxylation sites is 3. The van der Waals surface area contributed by atoms with E-state index in [-0.39, 0.29) is 17.6 Å². The van der Waals surface area contributed by atoms with Crippen molar-refractivity contribution in [2.24, 2.45) is 0 Å². The van der Waals surface area contributed by atoms with E-state index in [1.54, 1.807) is 23.1 Å². The average Bonchev–Trinajstić information content (AvgIpc) is 3.35. The number of hydrogen-bond acceptors (Lipinski definition) is 2. The Labute approximate surface area is 180 Å². The number of rotatable bonds is 5. The predicted octanol–water partition coefficient (Wildman–Crippen LogP) is 5.41. The Hall–Kier alpha value is -3.73. The molecule has 1 saturated heterocycles. The monoisotopic (exact) mass is 411 g/mol. The highest BCUT2D eigenvalue weighted by atomic mass is 19.1. The van der Waals surface area contributed by atoms with Gasteiger partial charge in [-0.25, -0.2) is 9.37 Å². The van der Waals surface area contributed by atoms with E-state index >= 15 is 0 Å². The molecule has 5 heteroatoms. The molecular weight excluding hydrogens is 389 g/mol. The molecule has 31 heavy (non-hydrogen) atoms. The van der Waals surface area contributed by atoms with Crippen molar-refractivity contribution in [3.63, 3.8) is 0 Å². The Morgan fingerprint density at radius 3 is 2.55 bits per heavy atom. The summed E-state index contributed by atoms with van der Waals surface area (Å²) in [5, 5.41) is 0. The third-order valence-electron chi connectivity index (χ3n) is 5.72. The molecule has 0 spiro atoms. The second-order valence-electron chi connectivity index (χ2n) is 7.74. The van der Waals surface area contributed by atoms with Crippen molar-refractivity contribution >= 4 is 28.7 Å². The van der Waals surface area contributed by atoms with Gasteiger partial charge in [-0.05, 0) is 29.8 Å². The van der Waals surface area contributed by atoms with Crippen LogP contribution in [0, 0.1) is 5.82 Å². The van der Waals surface area contributed by atoms with Gasteiger partial charge in [0.2, 0.25) is 5.91 Å². The number of carbonyl (C=O) groups is 1. The second kappa shape index (κ2) is 8.19. The van der Waals surface area contributed by atoms with Gasteiger partial charge in [0, 0.05) is 25.4 Å². The Morgan fingerprint density at radius 2 is 1.71 bits per heavy atom. The average molecular weight is 411 g/mol. The molecule has 1 fully saturated rings. The van der Waals surface area contributed by atoms with Gasteiger partial charge >= 0.3 is 0 Å². The lowest BCUT2D eigenvalue weighted by molar-refractivity contribution is -0.117. The molecule has 4 nitrogen and oxygen atoms in total. The summed E-state index contributed by atoms with van der Waals surface area (Å²) in [5.74, 6) is 0.320. The van der Waals surface area contributed by atoms with Crippen molar-refractivity contribution in [3.8, 4) is 0 Å². The highest BCUT2D eigenvalue weighted by molar-refractivity contribution is 5.96. The van der Waals surface area contributed by atoms with Crippen molar-refractivity contribution in [2.45, 2.75) is 18.9 Å². The normalized spacial score (nSPS) is 16.6. The maximum atomic E-state index is 14.3. The minimum absolute atomic E-state index is 0.0754. The largest absolute Gasteiger partial charge is 0.324 e. The molecule has 1 aliphatic rings. The zero-order valence-corrected chi connectivity index (χ0v) is 17.0. The van der Waals surface area contributed by atoms with Gasteiger partial charge in [0.05, 0.1) is 16.7 Å². The van der Waals surface area contributed by atoms with Crippen LogP contribution in [-0.4, -0.2) is 22.0 Å². The van der Waals surface area contributed by atoms with Crippen molar-refractivity contribution in [1.29, 1.82) is 0 Å². The van der Waals surface area contributed by atoms with E-state index in [0.29, 0.717) is 25.2 Å². The fourth-order valence-electron chi connectivity index (χ4n) is 4.24. The van der Waals surface area contributed by atoms with Crippen LogP contribution in [0.2, 0.25) is 0 Å². The van der Waals surface area contributed by atoms with Gasteiger partial charge in [0.1, 0.15) is 11.6 Å². The summed E-state index contributed by atoms with van der Waals surface area (Å²) in [6, 6.07) is 24.6. The first-order valence-electron chi connectivity index (χ1n) is 10.4. The van der Waals surface area contributed by atoms with Crippen LogP contribution in [0.15, 0.2) is 84.9 Å². The molecule has 1 amide bonds. The second-order valence-corrected chi connectivity index (χ2v) is 7.74. The van der Waals surface area contributed by atoms with Crippen LogP contribution in [0.25, 0.3) is 17.1 Å². The van der Waals surface area contributed by atoms with Gasteiger partial charge in [-0.2, -0.15) is 0 Å². The quantitative estimate of drug-likeness (QED) is 0.440. The maximum Gasteiger partial charge on any atom is 0.227 e. The van der Waals surface area contributed by atoms with E-state index in [2.05, 4.69) is 28.9 Å². The van der Waals surface area contributed by atoms with Crippen LogP contribution >= 0.6 is 0 Å². The van der Waals surface area contributed by atoms with E-state index in [4.69, 9.17) is 4.98 Å². The number of aromatic nitrogens is 2. The van der Waals surface area contributed by atoms with Gasteiger partial charge in [0.25, 0.3) is 0 Å². The summed E-state index contributed by atoms with van der Waals surface area (Å²) in [4.78, 5) is 19.2. The molecule has 154 valence electrons. The Morgan fingerprint density at radius 1 is 0.968 bits per heavy atom. The Balaban J connectivity index is 1.47. The lowest BCUT2D eigenvalue weighted by Crippen LogP contribution is -2.25. The molecule has 1 aliphatic heterocycles.